The van der Waals surface area contributed by atoms with E-state index in [1.165, 1.54) is 11.8 Å². The third-order valence-electron chi connectivity index (χ3n) is 5.53. The summed E-state index contributed by atoms with van der Waals surface area (Å²) in [5.74, 6) is 1.63. The fraction of sp³-hybridized carbons (Fsp3) is 0.333. The molecule has 0 spiro atoms. The van der Waals surface area contributed by atoms with Gasteiger partial charge < -0.3 is 24.7 Å². The first-order valence-corrected chi connectivity index (χ1v) is 12.8. The first-order chi connectivity index (χ1) is 16.7. The second-order valence-corrected chi connectivity index (χ2v) is 10.3. The number of halogens is 1. The number of ether oxygens (including phenoxy) is 2. The summed E-state index contributed by atoms with van der Waals surface area (Å²) >= 11 is 4.71. The highest BCUT2D eigenvalue weighted by molar-refractivity contribution is 9.10. The van der Waals surface area contributed by atoms with E-state index in [0.29, 0.717) is 28.0 Å². The molecule has 0 bridgehead atoms. The van der Waals surface area contributed by atoms with Gasteiger partial charge in [-0.15, -0.1) is 10.2 Å². The number of hydrogen-bond acceptors (Lipinski definition) is 7. The molecule has 0 aliphatic carbocycles. The van der Waals surface area contributed by atoms with E-state index in [-0.39, 0.29) is 36.3 Å². The molecule has 1 atom stereocenters. The number of fused-ring (bicyclic) bond motifs is 1. The zero-order valence-electron chi connectivity index (χ0n) is 19.8. The van der Waals surface area contributed by atoms with Crippen LogP contribution < -0.4 is 20.1 Å². The lowest BCUT2D eigenvalue weighted by Crippen LogP contribution is -2.33. The van der Waals surface area contributed by atoms with E-state index in [9.17, 15) is 9.59 Å². The molecular formula is C24H26BrN5O4S. The predicted molar refractivity (Wildman–Crippen MR) is 137 cm³/mol. The summed E-state index contributed by atoms with van der Waals surface area (Å²) in [5.41, 5.74) is 2.21. The van der Waals surface area contributed by atoms with E-state index >= 15 is 0 Å². The van der Waals surface area contributed by atoms with Crippen molar-refractivity contribution < 1.29 is 19.1 Å². The Kier molecular flexibility index (Phi) is 7.66. The largest absolute Gasteiger partial charge is 0.454 e. The smallest absolute Gasteiger partial charge is 0.252 e. The Morgan fingerprint density at radius 1 is 1.14 bits per heavy atom. The van der Waals surface area contributed by atoms with Crippen molar-refractivity contribution in [1.82, 2.24) is 20.1 Å². The van der Waals surface area contributed by atoms with Crippen molar-refractivity contribution in [2.75, 3.05) is 17.9 Å². The Balaban J connectivity index is 1.41. The molecule has 11 heteroatoms. The third kappa shape index (κ3) is 5.79. The summed E-state index contributed by atoms with van der Waals surface area (Å²) in [5, 5.41) is 15.1. The van der Waals surface area contributed by atoms with Crippen LogP contribution in [0.1, 0.15) is 41.6 Å². The number of thioether (sulfide) groups is 1. The molecule has 2 N–H and O–H groups in total. The van der Waals surface area contributed by atoms with Gasteiger partial charge in [0.25, 0.3) is 5.91 Å². The summed E-state index contributed by atoms with van der Waals surface area (Å²) in [4.78, 5) is 25.5. The Morgan fingerprint density at radius 3 is 2.66 bits per heavy atom. The van der Waals surface area contributed by atoms with Gasteiger partial charge in [0.2, 0.25) is 12.7 Å². The molecule has 0 radical (unpaired) electrons. The number of carbonyl (C=O) groups is 2. The van der Waals surface area contributed by atoms with Crippen molar-refractivity contribution in [3.63, 3.8) is 0 Å². The molecule has 9 nitrogen and oxygen atoms in total. The number of nitrogens with one attached hydrogen (secondary N) is 2. The third-order valence-corrected chi connectivity index (χ3v) is 7.04. The average molecular weight is 560 g/mol. The van der Waals surface area contributed by atoms with Crippen molar-refractivity contribution >= 4 is 45.2 Å². The van der Waals surface area contributed by atoms with Crippen LogP contribution in [0.25, 0.3) is 0 Å². The zero-order chi connectivity index (χ0) is 25.1. The van der Waals surface area contributed by atoms with Crippen LogP contribution in [0.4, 0.5) is 5.69 Å². The Morgan fingerprint density at radius 2 is 1.91 bits per heavy atom. The quantitative estimate of drug-likeness (QED) is 0.392. The van der Waals surface area contributed by atoms with Gasteiger partial charge in [-0.1, -0.05) is 41.5 Å². The van der Waals surface area contributed by atoms with Gasteiger partial charge in [-0.3, -0.25) is 9.59 Å². The summed E-state index contributed by atoms with van der Waals surface area (Å²) in [6.07, 6.45) is 0. The molecule has 1 unspecified atom stereocenters. The van der Waals surface area contributed by atoms with Crippen LogP contribution >= 0.6 is 27.7 Å². The van der Waals surface area contributed by atoms with Crippen LogP contribution in [0.2, 0.25) is 0 Å². The molecule has 1 aliphatic heterocycles. The van der Waals surface area contributed by atoms with Crippen LogP contribution in [0, 0.1) is 12.8 Å². The maximum Gasteiger partial charge on any atom is 0.252 e. The zero-order valence-corrected chi connectivity index (χ0v) is 22.2. The van der Waals surface area contributed by atoms with Gasteiger partial charge in [0.15, 0.2) is 22.5 Å². The summed E-state index contributed by atoms with van der Waals surface area (Å²) in [6, 6.07) is 10.4. The maximum absolute atomic E-state index is 13.0. The highest BCUT2D eigenvalue weighted by Crippen LogP contribution is 2.33. The molecule has 1 aliphatic rings. The second-order valence-electron chi connectivity index (χ2n) is 8.46. The molecule has 1 aromatic heterocycles. The van der Waals surface area contributed by atoms with Crippen LogP contribution in [0.5, 0.6) is 11.5 Å². The van der Waals surface area contributed by atoms with Crippen molar-refractivity contribution in [3.05, 3.63) is 57.8 Å². The summed E-state index contributed by atoms with van der Waals surface area (Å²) < 4.78 is 13.5. The van der Waals surface area contributed by atoms with Gasteiger partial charge >= 0.3 is 0 Å². The second kappa shape index (κ2) is 10.7. The van der Waals surface area contributed by atoms with Crippen LogP contribution in [-0.2, 0) is 11.8 Å². The summed E-state index contributed by atoms with van der Waals surface area (Å²) in [7, 11) is 1.83. The first-order valence-electron chi connectivity index (χ1n) is 11.0. The lowest BCUT2D eigenvalue weighted by atomic mass is 10.0. The molecule has 4 rings (SSSR count). The first kappa shape index (κ1) is 25.1. The van der Waals surface area contributed by atoms with Crippen LogP contribution in [0.3, 0.4) is 0 Å². The van der Waals surface area contributed by atoms with Gasteiger partial charge in [0.1, 0.15) is 0 Å². The Hall–Kier alpha value is -3.05. The number of amides is 2. The minimum Gasteiger partial charge on any atom is -0.454 e. The minimum atomic E-state index is -0.376. The number of rotatable bonds is 8. The molecule has 184 valence electrons. The Bertz CT molecular complexity index is 1260. The molecule has 0 saturated carbocycles. The number of carbonyl (C=O) groups excluding carboxylic acids is 2. The van der Waals surface area contributed by atoms with E-state index in [2.05, 4.69) is 36.8 Å². The van der Waals surface area contributed by atoms with E-state index in [4.69, 9.17) is 9.47 Å². The molecular weight excluding hydrogens is 534 g/mol. The molecule has 0 saturated heterocycles. The number of nitrogens with zero attached hydrogens (tertiary/aromatic N) is 3. The topological polar surface area (TPSA) is 107 Å². The molecule has 3 aromatic rings. The van der Waals surface area contributed by atoms with Crippen molar-refractivity contribution in [1.29, 1.82) is 0 Å². The van der Waals surface area contributed by atoms with E-state index < -0.39 is 0 Å². The van der Waals surface area contributed by atoms with Crippen LogP contribution in [-0.4, -0.2) is 39.1 Å². The van der Waals surface area contributed by atoms with Crippen LogP contribution in [0.15, 0.2) is 46.0 Å². The molecule has 35 heavy (non-hydrogen) atoms. The Labute approximate surface area is 216 Å². The fourth-order valence-corrected chi connectivity index (χ4v) is 4.79. The molecule has 2 amide bonds. The van der Waals surface area contributed by atoms with Crippen molar-refractivity contribution in [3.8, 4) is 11.5 Å². The van der Waals surface area contributed by atoms with Gasteiger partial charge in [-0.05, 0) is 54.8 Å². The lowest BCUT2D eigenvalue weighted by Gasteiger charge is -2.21. The van der Waals surface area contributed by atoms with Crippen molar-refractivity contribution in [2.45, 2.75) is 32.0 Å². The molecule has 0 fully saturated rings. The molecule has 2 heterocycles. The van der Waals surface area contributed by atoms with Gasteiger partial charge in [0.05, 0.1) is 11.8 Å². The number of benzene rings is 2. The van der Waals surface area contributed by atoms with E-state index in [1.54, 1.807) is 18.2 Å². The molecule has 2 aromatic carbocycles. The maximum atomic E-state index is 13.0. The van der Waals surface area contributed by atoms with Gasteiger partial charge in [-0.2, -0.15) is 0 Å². The van der Waals surface area contributed by atoms with Gasteiger partial charge in [0, 0.05) is 22.8 Å². The standard InChI is InChI=1S/C24H26BrN5O4S/c1-13(2)21(27-23(32)15-5-8-18-19(10-15)34-12-33-18)22-28-29-24(30(22)4)35-11-20(31)26-17-7-6-16(25)9-14(17)3/h5-10,13,21H,11-12H2,1-4H3,(H,26,31)(H,27,32). The number of aryl methyl sites for hydroxylation is 1. The van der Waals surface area contributed by atoms with Gasteiger partial charge in [-0.25, -0.2) is 0 Å². The number of anilines is 1. The SMILES string of the molecule is Cc1cc(Br)ccc1NC(=O)CSc1nnc(C(NC(=O)c2ccc3c(c2)OCO3)C(C)C)n1C. The monoisotopic (exact) mass is 559 g/mol. The minimum absolute atomic E-state index is 0.0531. The van der Waals surface area contributed by atoms with Crippen molar-refractivity contribution in [2.24, 2.45) is 13.0 Å². The number of aromatic nitrogens is 3. The average Bonchev–Trinajstić information content (AvgIpc) is 3.43. The summed E-state index contributed by atoms with van der Waals surface area (Å²) in [6.45, 7) is 6.09. The van der Waals surface area contributed by atoms with E-state index in [1.807, 2.05) is 50.6 Å². The van der Waals surface area contributed by atoms with E-state index in [0.717, 1.165) is 15.7 Å². The lowest BCUT2D eigenvalue weighted by molar-refractivity contribution is -0.113. The highest BCUT2D eigenvalue weighted by atomic mass is 79.9. The normalized spacial score (nSPS) is 13.1. The highest BCUT2D eigenvalue weighted by Gasteiger charge is 2.26. The fourth-order valence-electron chi connectivity index (χ4n) is 3.60. The predicted octanol–water partition coefficient (Wildman–Crippen LogP) is 4.47. The number of hydrogen-bond donors (Lipinski definition) is 2.